The van der Waals surface area contributed by atoms with E-state index in [9.17, 15) is 44.1 Å². The smallest absolute Gasteiger partial charge is 0.387 e. The van der Waals surface area contributed by atoms with E-state index in [1.165, 1.54) is 28.3 Å². The Morgan fingerprint density at radius 2 is 1.68 bits per heavy atom. The van der Waals surface area contributed by atoms with Crippen LogP contribution in [0, 0.1) is 0 Å². The number of carbonyl (C=O) groups is 1. The highest BCUT2D eigenvalue weighted by Crippen LogP contribution is 2.60. The summed E-state index contributed by atoms with van der Waals surface area (Å²) in [6.07, 6.45) is -6.65. The number of aromatic nitrogens is 4. The molecule has 5 rings (SSSR count). The van der Waals surface area contributed by atoms with Gasteiger partial charge in [-0.1, -0.05) is 4.98 Å². The summed E-state index contributed by atoms with van der Waals surface area (Å²) in [5, 5.41) is 41.7. The number of hydrogen-bond acceptors (Lipinski definition) is 16. The number of aliphatic hydroxyl groups excluding tert-OH is 4. The Labute approximate surface area is 247 Å². The molecule has 0 saturated carbocycles. The lowest BCUT2D eigenvalue weighted by molar-refractivity contribution is -0.745. The minimum atomic E-state index is -5.35. The Balaban J connectivity index is 1.14. The van der Waals surface area contributed by atoms with Gasteiger partial charge in [-0.25, -0.2) is 13.7 Å². The molecule has 10 atom stereocenters. The number of primary amides is 1. The van der Waals surface area contributed by atoms with E-state index in [4.69, 9.17) is 30.0 Å². The third-order valence-corrected chi connectivity index (χ3v) is 9.84. The molecule has 244 valence electrons. The van der Waals surface area contributed by atoms with Gasteiger partial charge in [0.15, 0.2) is 24.7 Å². The zero-order valence-corrected chi connectivity index (χ0v) is 24.5. The molecule has 23 heteroatoms. The van der Waals surface area contributed by atoms with Crippen LogP contribution in [0.25, 0.3) is 11.2 Å². The lowest BCUT2D eigenvalue weighted by Crippen LogP contribution is -2.45. The minimum Gasteiger partial charge on any atom is -0.387 e. The van der Waals surface area contributed by atoms with Crippen LogP contribution in [-0.4, -0.2) is 119 Å². The molecule has 3 aliphatic rings. The van der Waals surface area contributed by atoms with Crippen LogP contribution in [0.5, 0.6) is 0 Å². The van der Waals surface area contributed by atoms with Gasteiger partial charge in [0, 0.05) is 18.3 Å². The molecular weight excluding hydrogens is 636 g/mol. The second-order valence-electron chi connectivity index (χ2n) is 10.2. The summed E-state index contributed by atoms with van der Waals surface area (Å²) in [6, 6.07) is 0. The van der Waals surface area contributed by atoms with Crippen molar-refractivity contribution in [3.63, 3.8) is 0 Å². The largest absolute Gasteiger partial charge is 0.481 e. The van der Waals surface area contributed by atoms with Gasteiger partial charge in [0.1, 0.15) is 36.6 Å². The van der Waals surface area contributed by atoms with Gasteiger partial charge in [-0.15, -0.1) is 0 Å². The molecule has 2 fully saturated rings. The summed E-state index contributed by atoms with van der Waals surface area (Å²) >= 11 is 0. The van der Waals surface area contributed by atoms with Gasteiger partial charge in [0.2, 0.25) is 17.7 Å². The number of ether oxygens (including phenoxy) is 2. The SMILES string of the molecule is NC(=O)C1=CN([C@@H]2O[C@H](COP(=O)(O)OP(=O)(O)OC[C@H]3O[C@@H]([n+]4c[nH]c5c(N)ncnc54)[C@H](O)[C@@H]3O)[C@@H](O)[C@H]2O)CCC1. The highest BCUT2D eigenvalue weighted by Gasteiger charge is 2.49. The molecule has 3 aliphatic heterocycles. The zero-order chi connectivity index (χ0) is 32.0. The van der Waals surface area contributed by atoms with Gasteiger partial charge >= 0.3 is 21.3 Å². The van der Waals surface area contributed by atoms with E-state index in [1.54, 1.807) is 0 Å². The maximum absolute atomic E-state index is 12.4. The van der Waals surface area contributed by atoms with Gasteiger partial charge in [0.25, 0.3) is 0 Å². The summed E-state index contributed by atoms with van der Waals surface area (Å²) in [7, 11) is -10.7. The van der Waals surface area contributed by atoms with E-state index in [0.717, 1.165) is 0 Å². The number of nitrogens with zero attached hydrogens (tertiary/aromatic N) is 4. The molecular formula is C21H32N7O14P2+. The number of hydrogen-bond donors (Lipinski definition) is 9. The fourth-order valence-electron chi connectivity index (χ4n) is 5.03. The Morgan fingerprint density at radius 1 is 1.05 bits per heavy atom. The van der Waals surface area contributed by atoms with Crippen molar-refractivity contribution in [2.75, 3.05) is 25.5 Å². The Bertz CT molecular complexity index is 1510. The van der Waals surface area contributed by atoms with Crippen molar-refractivity contribution in [2.45, 2.75) is 61.9 Å². The van der Waals surface area contributed by atoms with E-state index in [-0.39, 0.29) is 17.0 Å². The van der Waals surface area contributed by atoms with E-state index in [1.807, 2.05) is 0 Å². The molecule has 2 aromatic rings. The fourth-order valence-corrected chi connectivity index (χ4v) is 7.12. The number of rotatable bonds is 11. The minimum absolute atomic E-state index is 0.110. The lowest BCUT2D eigenvalue weighted by Gasteiger charge is -2.32. The summed E-state index contributed by atoms with van der Waals surface area (Å²) in [5.74, 6) is -0.547. The molecule has 0 bridgehead atoms. The zero-order valence-electron chi connectivity index (χ0n) is 22.7. The van der Waals surface area contributed by atoms with Gasteiger partial charge in [-0.3, -0.25) is 18.8 Å². The number of nitrogen functional groups attached to an aromatic ring is 1. The van der Waals surface area contributed by atoms with Crippen LogP contribution in [0.4, 0.5) is 5.82 Å². The number of carbonyl (C=O) groups excluding carboxylic acids is 1. The summed E-state index contributed by atoms with van der Waals surface area (Å²) < 4.78 is 51.0. The van der Waals surface area contributed by atoms with Crippen molar-refractivity contribution in [1.29, 1.82) is 0 Å². The number of phosphoric ester groups is 2. The van der Waals surface area contributed by atoms with Gasteiger partial charge in [-0.05, 0) is 12.8 Å². The van der Waals surface area contributed by atoms with Crippen molar-refractivity contribution in [1.82, 2.24) is 19.9 Å². The Morgan fingerprint density at radius 3 is 2.34 bits per heavy atom. The number of nitrogens with one attached hydrogen (secondary N) is 1. The fraction of sp³-hybridized carbons (Fsp3) is 0.619. The first-order chi connectivity index (χ1) is 20.7. The highest BCUT2D eigenvalue weighted by atomic mass is 31.3. The number of H-pyrrole nitrogens is 1. The molecule has 2 unspecified atom stereocenters. The van der Waals surface area contributed by atoms with Crippen LogP contribution in [0.3, 0.4) is 0 Å². The molecule has 11 N–H and O–H groups in total. The van der Waals surface area contributed by atoms with Crippen LogP contribution < -0.4 is 16.0 Å². The second-order valence-corrected chi connectivity index (χ2v) is 13.2. The second kappa shape index (κ2) is 12.6. The maximum Gasteiger partial charge on any atom is 0.481 e. The first-order valence-corrected chi connectivity index (χ1v) is 16.1. The molecule has 1 amide bonds. The molecule has 0 radical (unpaired) electrons. The van der Waals surface area contributed by atoms with E-state index >= 15 is 0 Å². The third kappa shape index (κ3) is 6.80. The van der Waals surface area contributed by atoms with E-state index in [2.05, 4.69) is 19.3 Å². The molecule has 2 aromatic heterocycles. The van der Waals surface area contributed by atoms with Crippen molar-refractivity contribution in [3.8, 4) is 0 Å². The number of anilines is 1. The number of fused-ring (bicyclic) bond motifs is 1. The average Bonchev–Trinajstić information content (AvgIpc) is 3.61. The Kier molecular flexibility index (Phi) is 9.41. The normalized spacial score (nSPS) is 33.7. The maximum atomic E-state index is 12.4. The molecule has 44 heavy (non-hydrogen) atoms. The molecule has 2 saturated heterocycles. The monoisotopic (exact) mass is 668 g/mol. The van der Waals surface area contributed by atoms with Crippen molar-refractivity contribution in [3.05, 3.63) is 24.4 Å². The first kappa shape index (κ1) is 32.8. The summed E-state index contributed by atoms with van der Waals surface area (Å²) in [5.41, 5.74) is 11.9. The van der Waals surface area contributed by atoms with Crippen molar-refractivity contribution < 1.29 is 71.5 Å². The average molecular weight is 668 g/mol. The van der Waals surface area contributed by atoms with Gasteiger partial charge in [-0.2, -0.15) is 9.29 Å². The standard InChI is InChI=1S/C21H31N7O14P2/c22-17-12-19(25-7-24-17)28(8-26-12)21-16(32)14(30)11(41-21)6-39-44(36,37)42-43(34,35)38-5-10-13(29)15(31)20(40-10)27-3-1-2-9(4-27)18(23)33/h4,7-8,10-11,13-16,20-21,29-32H,1-3,5-6H2,(H6,22,23,24,25,33,34,35,36,37)/p+1/t10-,11-,13-,14-,15-,16-,20-,21-/m1/s1. The quantitative estimate of drug-likeness (QED) is 0.0832. The van der Waals surface area contributed by atoms with Crippen LogP contribution >= 0.6 is 15.6 Å². The van der Waals surface area contributed by atoms with Crippen molar-refractivity contribution in [2.24, 2.45) is 5.73 Å². The predicted molar refractivity (Wildman–Crippen MR) is 141 cm³/mol. The third-order valence-electron chi connectivity index (χ3n) is 7.24. The van der Waals surface area contributed by atoms with Crippen LogP contribution in [-0.2, 0) is 36.8 Å². The van der Waals surface area contributed by atoms with E-state index in [0.29, 0.717) is 24.9 Å². The van der Waals surface area contributed by atoms with Gasteiger partial charge < -0.3 is 56.1 Å². The number of aromatic amines is 1. The first-order valence-electron chi connectivity index (χ1n) is 13.1. The topological polar surface area (TPSA) is 319 Å². The van der Waals surface area contributed by atoms with Crippen LogP contribution in [0.15, 0.2) is 24.4 Å². The van der Waals surface area contributed by atoms with E-state index < -0.39 is 83.8 Å². The lowest BCUT2D eigenvalue weighted by atomic mass is 10.1. The number of imidazole rings is 1. The molecule has 5 heterocycles. The van der Waals surface area contributed by atoms with Crippen molar-refractivity contribution >= 4 is 38.5 Å². The van der Waals surface area contributed by atoms with Gasteiger partial charge in [0.05, 0.1) is 13.2 Å². The Hall–Kier alpha value is -2.62. The summed E-state index contributed by atoms with van der Waals surface area (Å²) in [6.45, 7) is -1.39. The molecule has 0 aliphatic carbocycles. The number of phosphoric acid groups is 2. The number of amides is 1. The molecule has 0 spiro atoms. The van der Waals surface area contributed by atoms with Crippen LogP contribution in [0.1, 0.15) is 19.1 Å². The number of nitrogens with two attached hydrogens (primary N) is 2. The predicted octanol–water partition coefficient (Wildman–Crippen LogP) is -3.39. The summed E-state index contributed by atoms with van der Waals surface area (Å²) in [4.78, 5) is 43.7. The van der Waals surface area contributed by atoms with Crippen LogP contribution in [0.2, 0.25) is 0 Å². The molecule has 21 nitrogen and oxygen atoms in total. The highest BCUT2D eigenvalue weighted by molar-refractivity contribution is 7.61. The number of aliphatic hydroxyl groups is 4. The molecule has 0 aromatic carbocycles.